The predicted octanol–water partition coefficient (Wildman–Crippen LogP) is 7.69. The summed E-state index contributed by atoms with van der Waals surface area (Å²) in [5.74, 6) is 1.39. The van der Waals surface area contributed by atoms with E-state index in [1.165, 1.54) is 32.1 Å². The number of thiophene rings is 1. The summed E-state index contributed by atoms with van der Waals surface area (Å²) in [6, 6.07) is 6.30. The van der Waals surface area contributed by atoms with Gasteiger partial charge in [0.25, 0.3) is 0 Å². The van der Waals surface area contributed by atoms with Crippen LogP contribution in [0.5, 0.6) is 0 Å². The van der Waals surface area contributed by atoms with Gasteiger partial charge >= 0.3 is 0 Å². The average molecular weight is 588 g/mol. The smallest absolute Gasteiger partial charge is 0.159 e. The number of hydrogen-bond acceptors (Lipinski definition) is 6. The Kier molecular flexibility index (Phi) is 8.20. The summed E-state index contributed by atoms with van der Waals surface area (Å²) in [6.45, 7) is 16.7. The molecule has 0 atom stereocenters. The monoisotopic (exact) mass is 587 g/mol. The summed E-state index contributed by atoms with van der Waals surface area (Å²) in [4.78, 5) is 19.5. The third-order valence-electron chi connectivity index (χ3n) is 8.08. The normalized spacial score (nSPS) is 14.8. The zero-order valence-electron chi connectivity index (χ0n) is 24.8. The highest BCUT2D eigenvalue weighted by Crippen LogP contribution is 2.35. The van der Waals surface area contributed by atoms with Crippen molar-refractivity contribution in [2.75, 3.05) is 5.32 Å². The molecule has 8 heteroatoms. The van der Waals surface area contributed by atoms with E-state index in [4.69, 9.17) is 4.98 Å². The van der Waals surface area contributed by atoms with Gasteiger partial charge in [-0.15, -0.1) is 11.3 Å². The molecule has 0 radical (unpaired) electrons. The fourth-order valence-electron chi connectivity index (χ4n) is 5.67. The van der Waals surface area contributed by atoms with Gasteiger partial charge in [0.2, 0.25) is 0 Å². The number of pyridine rings is 2. The molecule has 218 valence electrons. The molecule has 0 aliphatic heterocycles. The summed E-state index contributed by atoms with van der Waals surface area (Å²) >= 11 is 1.69. The van der Waals surface area contributed by atoms with Gasteiger partial charge in [0.15, 0.2) is 5.82 Å². The lowest BCUT2D eigenvalue weighted by Gasteiger charge is -2.22. The molecule has 5 aromatic heterocycles. The number of H-pyrrole nitrogens is 2. The minimum atomic E-state index is 0.652. The van der Waals surface area contributed by atoms with E-state index < -0.39 is 0 Å². The third-order valence-corrected chi connectivity index (χ3v) is 9.36. The van der Waals surface area contributed by atoms with Crippen LogP contribution in [0, 0.1) is 5.92 Å². The second-order valence-corrected chi connectivity index (χ2v) is 12.6. The molecular formula is C35H37N7S. The van der Waals surface area contributed by atoms with Crippen LogP contribution in [0.1, 0.15) is 62.8 Å². The first-order valence-corrected chi connectivity index (χ1v) is 15.6. The van der Waals surface area contributed by atoms with Crippen molar-refractivity contribution in [3.63, 3.8) is 0 Å². The fraction of sp³-hybridized carbons (Fsp3) is 0.257. The Labute approximate surface area is 255 Å². The van der Waals surface area contributed by atoms with Crippen LogP contribution in [-0.4, -0.2) is 30.1 Å². The fourth-order valence-corrected chi connectivity index (χ4v) is 6.62. The Hall–Kier alpha value is -4.56. The van der Waals surface area contributed by atoms with Crippen LogP contribution < -0.4 is 15.9 Å². The maximum absolute atomic E-state index is 4.91. The number of aromatic amines is 2. The van der Waals surface area contributed by atoms with Crippen LogP contribution in [0.3, 0.4) is 0 Å². The predicted molar refractivity (Wildman–Crippen MR) is 181 cm³/mol. The van der Waals surface area contributed by atoms with E-state index >= 15 is 0 Å². The first kappa shape index (κ1) is 28.6. The number of hydrogen-bond donors (Lipinski definition) is 3. The van der Waals surface area contributed by atoms with Crippen LogP contribution in [0.15, 0.2) is 67.9 Å². The summed E-state index contributed by atoms with van der Waals surface area (Å²) in [5.41, 5.74) is 8.55. The van der Waals surface area contributed by atoms with Gasteiger partial charge in [0.05, 0.1) is 28.9 Å². The Balaban J connectivity index is 1.21. The van der Waals surface area contributed by atoms with Gasteiger partial charge in [-0.05, 0) is 67.2 Å². The number of anilines is 1. The topological polar surface area (TPSA) is 95.2 Å². The van der Waals surface area contributed by atoms with Crippen LogP contribution in [0.25, 0.3) is 56.8 Å². The zero-order chi connectivity index (χ0) is 29.9. The van der Waals surface area contributed by atoms with E-state index in [1.54, 1.807) is 17.5 Å². The summed E-state index contributed by atoms with van der Waals surface area (Å²) in [7, 11) is 0. The lowest BCUT2D eigenvalue weighted by Crippen LogP contribution is -2.21. The number of allylic oxidation sites excluding steroid dienone is 4. The average Bonchev–Trinajstić information content (AvgIpc) is 3.75. The van der Waals surface area contributed by atoms with Crippen molar-refractivity contribution in [3.05, 3.63) is 88.9 Å². The molecule has 3 N–H and O–H groups in total. The van der Waals surface area contributed by atoms with Gasteiger partial charge in [-0.1, -0.05) is 57.9 Å². The summed E-state index contributed by atoms with van der Waals surface area (Å²) in [5, 5.41) is 12.8. The van der Waals surface area contributed by atoms with E-state index in [0.717, 1.165) is 77.4 Å². The van der Waals surface area contributed by atoms with Gasteiger partial charge in [-0.2, -0.15) is 5.10 Å². The van der Waals surface area contributed by atoms with Crippen molar-refractivity contribution < 1.29 is 0 Å². The quantitative estimate of drug-likeness (QED) is 0.164. The Morgan fingerprint density at radius 1 is 1.07 bits per heavy atom. The molecule has 6 rings (SSSR count). The molecule has 0 amide bonds. The highest BCUT2D eigenvalue weighted by Gasteiger charge is 2.16. The summed E-state index contributed by atoms with van der Waals surface area (Å²) in [6.07, 6.45) is 19.1. The molecule has 1 fully saturated rings. The number of nitrogens with one attached hydrogen (secondary N) is 3. The third kappa shape index (κ3) is 6.29. The highest BCUT2D eigenvalue weighted by molar-refractivity contribution is 7.16. The molecule has 0 bridgehead atoms. The molecule has 0 saturated heterocycles. The van der Waals surface area contributed by atoms with Gasteiger partial charge in [0.1, 0.15) is 11.2 Å². The number of imidazole rings is 1. The van der Waals surface area contributed by atoms with Crippen molar-refractivity contribution in [1.82, 2.24) is 30.1 Å². The largest absolute Gasteiger partial charge is 0.358 e. The number of rotatable bonds is 9. The van der Waals surface area contributed by atoms with Crippen LogP contribution in [0.4, 0.5) is 5.69 Å². The zero-order valence-corrected chi connectivity index (χ0v) is 25.7. The van der Waals surface area contributed by atoms with Gasteiger partial charge in [0, 0.05) is 38.6 Å². The molecule has 0 spiro atoms. The molecule has 5 aromatic rings. The molecule has 7 nitrogen and oxygen atoms in total. The SMILES string of the molecule is C=C(CC1CCCCC1)Nc1cncc(/C(C)=C/C=c2/[nH]nc(-c3nc4c(-c5ccc(C(=C)C)s5)cncc4[nH]3)c2=C)c1. The maximum Gasteiger partial charge on any atom is 0.159 e. The van der Waals surface area contributed by atoms with Crippen molar-refractivity contribution >= 4 is 51.9 Å². The lowest BCUT2D eigenvalue weighted by atomic mass is 9.86. The Morgan fingerprint density at radius 2 is 1.88 bits per heavy atom. The number of aromatic nitrogens is 6. The molecule has 1 saturated carbocycles. The van der Waals surface area contributed by atoms with Crippen molar-refractivity contribution in [3.8, 4) is 22.0 Å². The molecular weight excluding hydrogens is 551 g/mol. The Bertz CT molecular complexity index is 1950. The number of nitrogens with zero attached hydrogens (tertiary/aromatic N) is 4. The van der Waals surface area contributed by atoms with Crippen molar-refractivity contribution in [1.29, 1.82) is 0 Å². The van der Waals surface area contributed by atoms with Gasteiger partial charge in [-0.25, -0.2) is 4.98 Å². The van der Waals surface area contributed by atoms with E-state index in [-0.39, 0.29) is 0 Å². The van der Waals surface area contributed by atoms with Crippen molar-refractivity contribution in [2.45, 2.75) is 52.4 Å². The molecule has 43 heavy (non-hydrogen) atoms. The van der Waals surface area contributed by atoms with Crippen LogP contribution in [0.2, 0.25) is 0 Å². The van der Waals surface area contributed by atoms with Crippen LogP contribution >= 0.6 is 11.3 Å². The van der Waals surface area contributed by atoms with E-state index in [2.05, 4.69) is 81.4 Å². The minimum absolute atomic E-state index is 0.652. The first-order chi connectivity index (χ1) is 20.9. The Morgan fingerprint density at radius 3 is 2.67 bits per heavy atom. The van der Waals surface area contributed by atoms with Gasteiger partial charge in [-0.3, -0.25) is 15.1 Å². The lowest BCUT2D eigenvalue weighted by molar-refractivity contribution is 0.357. The van der Waals surface area contributed by atoms with Crippen LogP contribution in [-0.2, 0) is 0 Å². The number of fused-ring (bicyclic) bond motifs is 1. The molecule has 0 unspecified atom stereocenters. The molecule has 1 aliphatic rings. The first-order valence-electron chi connectivity index (χ1n) is 14.8. The standard InChI is InChI=1S/C35H37N7S/c1-21(2)31-13-14-32(43-31)28-19-37-20-30-34(28)40-35(39-30)33-24(5)29(41-42-33)12-11-22(3)26-16-27(18-36-17-26)38-23(4)15-25-9-7-6-8-10-25/h11-14,16-20,25,38,41H,1,4-10,15H2,2-3H3,(H,39,40)/b22-11+,29-12+. The van der Waals surface area contributed by atoms with Gasteiger partial charge < -0.3 is 10.3 Å². The molecule has 0 aromatic carbocycles. The minimum Gasteiger partial charge on any atom is -0.358 e. The second kappa shape index (κ2) is 12.4. The summed E-state index contributed by atoms with van der Waals surface area (Å²) < 4.78 is 0. The van der Waals surface area contributed by atoms with E-state index in [1.807, 2.05) is 31.6 Å². The van der Waals surface area contributed by atoms with E-state index in [0.29, 0.717) is 11.5 Å². The second-order valence-electron chi connectivity index (χ2n) is 11.5. The molecule has 5 heterocycles. The van der Waals surface area contributed by atoms with Crippen molar-refractivity contribution in [2.24, 2.45) is 5.92 Å². The molecule has 1 aliphatic carbocycles. The van der Waals surface area contributed by atoms with E-state index in [9.17, 15) is 0 Å². The maximum atomic E-state index is 4.91. The highest BCUT2D eigenvalue weighted by atomic mass is 32.1.